The van der Waals surface area contributed by atoms with E-state index in [1.807, 2.05) is 47.7 Å². The summed E-state index contributed by atoms with van der Waals surface area (Å²) in [6, 6.07) is 57.8. The third-order valence-electron chi connectivity index (χ3n) is 10.5. The molecule has 1 aliphatic rings. The highest BCUT2D eigenvalue weighted by Crippen LogP contribution is 2.56. The molecule has 0 atom stereocenters. The quantitative estimate of drug-likeness (QED) is 0.181. The van der Waals surface area contributed by atoms with Crippen LogP contribution in [0, 0.1) is 0 Å². The first-order chi connectivity index (χ1) is 25.5. The minimum Gasteiger partial charge on any atom is -0.246 e. The summed E-state index contributed by atoms with van der Waals surface area (Å²) in [5.41, 5.74) is 15.7. The number of aromatic nitrogens is 3. The normalized spacial score (nSPS) is 13.0. The molecule has 0 fully saturated rings. The van der Waals surface area contributed by atoms with Gasteiger partial charge in [0.25, 0.3) is 0 Å². The van der Waals surface area contributed by atoms with Crippen LogP contribution in [-0.2, 0) is 5.41 Å². The molecule has 6 aromatic carbocycles. The standard InChI is InChI=1S/C48H33N3S/c1-48(2)38-19-11-9-17-36(38)42-43(48)46-45(37-18-10-12-20-41(37)52-46)51-44(42)34-27-23-31(24-28-34)30-21-25-33(26-22-30)40-29-39(32-13-5-3-6-14-32)49-47(50-40)35-15-7-4-8-16-35/h3-29H,1-2H3. The van der Waals surface area contributed by atoms with E-state index in [9.17, 15) is 0 Å². The molecule has 4 heteroatoms. The van der Waals surface area contributed by atoms with Crippen molar-refractivity contribution in [2.24, 2.45) is 0 Å². The number of benzene rings is 6. The number of hydrogen-bond acceptors (Lipinski definition) is 4. The summed E-state index contributed by atoms with van der Waals surface area (Å²) in [7, 11) is 0. The Morgan fingerprint density at radius 2 is 1.02 bits per heavy atom. The van der Waals surface area contributed by atoms with Crippen LogP contribution >= 0.6 is 11.3 Å². The highest BCUT2D eigenvalue weighted by atomic mass is 32.1. The van der Waals surface area contributed by atoms with Crippen LogP contribution in [0.25, 0.3) is 87.7 Å². The number of nitrogens with zero attached hydrogens (tertiary/aromatic N) is 3. The van der Waals surface area contributed by atoms with Crippen molar-refractivity contribution in [3.8, 4) is 67.4 Å². The van der Waals surface area contributed by atoms with E-state index in [2.05, 4.69) is 141 Å². The third kappa shape index (κ3) is 4.90. The minimum atomic E-state index is -0.127. The van der Waals surface area contributed by atoms with E-state index in [1.165, 1.54) is 37.0 Å². The first-order valence-corrected chi connectivity index (χ1v) is 18.5. The predicted molar refractivity (Wildman–Crippen MR) is 217 cm³/mol. The van der Waals surface area contributed by atoms with Gasteiger partial charge in [-0.05, 0) is 39.9 Å². The summed E-state index contributed by atoms with van der Waals surface area (Å²) in [5, 5.41) is 1.23. The lowest BCUT2D eigenvalue weighted by Gasteiger charge is -2.22. The Labute approximate surface area is 307 Å². The fraction of sp³-hybridized carbons (Fsp3) is 0.0625. The number of rotatable bonds is 5. The molecule has 0 bridgehead atoms. The first kappa shape index (κ1) is 30.6. The lowest BCUT2D eigenvalue weighted by molar-refractivity contribution is 0.667. The summed E-state index contributed by atoms with van der Waals surface area (Å²) >= 11 is 1.87. The molecule has 1 aliphatic carbocycles. The van der Waals surface area contributed by atoms with E-state index < -0.39 is 0 Å². The van der Waals surface area contributed by atoms with Crippen molar-refractivity contribution in [1.29, 1.82) is 0 Å². The molecule has 0 unspecified atom stereocenters. The lowest BCUT2D eigenvalue weighted by atomic mass is 9.82. The fourth-order valence-electron chi connectivity index (χ4n) is 7.88. The molecule has 3 nitrogen and oxygen atoms in total. The fourth-order valence-corrected chi connectivity index (χ4v) is 9.24. The van der Waals surface area contributed by atoms with Gasteiger partial charge in [0.05, 0.1) is 27.3 Å². The van der Waals surface area contributed by atoms with Crippen LogP contribution in [0.4, 0.5) is 0 Å². The molecule has 0 saturated carbocycles. The SMILES string of the molecule is CC1(C)c2ccccc2-c2c(-c3ccc(-c4ccc(-c5cc(-c6ccccc6)nc(-c6ccccc6)n5)cc4)cc3)nc3c(sc4ccccc43)c21. The monoisotopic (exact) mass is 683 g/mol. The van der Waals surface area contributed by atoms with Crippen molar-refractivity contribution in [2.75, 3.05) is 0 Å². The van der Waals surface area contributed by atoms with Gasteiger partial charge in [-0.25, -0.2) is 15.0 Å². The largest absolute Gasteiger partial charge is 0.246 e. The van der Waals surface area contributed by atoms with Crippen LogP contribution in [-0.4, -0.2) is 15.0 Å². The van der Waals surface area contributed by atoms with Crippen molar-refractivity contribution in [1.82, 2.24) is 15.0 Å². The molecule has 0 radical (unpaired) electrons. The zero-order chi connectivity index (χ0) is 34.8. The molecule has 0 N–H and O–H groups in total. The van der Waals surface area contributed by atoms with Crippen LogP contribution < -0.4 is 0 Å². The van der Waals surface area contributed by atoms with E-state index in [-0.39, 0.29) is 5.41 Å². The van der Waals surface area contributed by atoms with Crippen molar-refractivity contribution < 1.29 is 0 Å². The Hall–Kier alpha value is -6.23. The van der Waals surface area contributed by atoms with Gasteiger partial charge in [-0.15, -0.1) is 11.3 Å². The zero-order valence-corrected chi connectivity index (χ0v) is 29.7. The Bertz CT molecular complexity index is 2720. The highest BCUT2D eigenvalue weighted by Gasteiger charge is 2.40. The Kier molecular flexibility index (Phi) is 7.02. The second kappa shape index (κ2) is 11.9. The van der Waals surface area contributed by atoms with Crippen LogP contribution in [0.1, 0.15) is 25.0 Å². The molecule has 0 aliphatic heterocycles. The summed E-state index contributed by atoms with van der Waals surface area (Å²) in [4.78, 5) is 15.4. The van der Waals surface area contributed by atoms with E-state index in [0.717, 1.165) is 61.8 Å². The van der Waals surface area contributed by atoms with Gasteiger partial charge in [-0.1, -0.05) is 166 Å². The van der Waals surface area contributed by atoms with E-state index >= 15 is 0 Å². The second-order valence-corrected chi connectivity index (χ2v) is 15.1. The van der Waals surface area contributed by atoms with Crippen molar-refractivity contribution in [3.05, 3.63) is 175 Å². The maximum absolute atomic E-state index is 5.47. The topological polar surface area (TPSA) is 38.7 Å². The summed E-state index contributed by atoms with van der Waals surface area (Å²) < 4.78 is 2.58. The maximum atomic E-state index is 5.47. The number of pyridine rings is 1. The number of thiophene rings is 1. The van der Waals surface area contributed by atoms with Gasteiger partial charge in [0, 0.05) is 43.3 Å². The van der Waals surface area contributed by atoms with Gasteiger partial charge in [0.2, 0.25) is 0 Å². The molecule has 52 heavy (non-hydrogen) atoms. The second-order valence-electron chi connectivity index (χ2n) is 14.0. The van der Waals surface area contributed by atoms with Crippen LogP contribution in [0.5, 0.6) is 0 Å². The molecule has 0 amide bonds. The Morgan fingerprint density at radius 3 is 1.71 bits per heavy atom. The minimum absolute atomic E-state index is 0.127. The number of fused-ring (bicyclic) bond motifs is 7. The highest BCUT2D eigenvalue weighted by molar-refractivity contribution is 7.26. The molecular formula is C48H33N3S. The number of hydrogen-bond donors (Lipinski definition) is 0. The maximum Gasteiger partial charge on any atom is 0.160 e. The van der Waals surface area contributed by atoms with Crippen LogP contribution in [0.3, 0.4) is 0 Å². The van der Waals surface area contributed by atoms with Crippen molar-refractivity contribution >= 4 is 31.6 Å². The van der Waals surface area contributed by atoms with Crippen molar-refractivity contribution in [3.63, 3.8) is 0 Å². The molecule has 9 aromatic rings. The molecule has 10 rings (SSSR count). The molecule has 0 spiro atoms. The van der Waals surface area contributed by atoms with E-state index in [4.69, 9.17) is 15.0 Å². The van der Waals surface area contributed by atoms with Gasteiger partial charge < -0.3 is 0 Å². The summed E-state index contributed by atoms with van der Waals surface area (Å²) in [6.07, 6.45) is 0. The first-order valence-electron chi connectivity index (χ1n) is 17.7. The van der Waals surface area contributed by atoms with Crippen LogP contribution in [0.2, 0.25) is 0 Å². The van der Waals surface area contributed by atoms with E-state index in [1.54, 1.807) is 0 Å². The van der Waals surface area contributed by atoms with Gasteiger partial charge in [-0.3, -0.25) is 0 Å². The Morgan fingerprint density at radius 1 is 0.481 bits per heavy atom. The lowest BCUT2D eigenvalue weighted by Crippen LogP contribution is -2.15. The third-order valence-corrected chi connectivity index (χ3v) is 11.7. The molecule has 0 saturated heterocycles. The molecule has 3 aromatic heterocycles. The average molecular weight is 684 g/mol. The van der Waals surface area contributed by atoms with Gasteiger partial charge in [0.15, 0.2) is 5.82 Å². The molecular weight excluding hydrogens is 651 g/mol. The van der Waals surface area contributed by atoms with Crippen LogP contribution in [0.15, 0.2) is 164 Å². The molecule has 246 valence electrons. The van der Waals surface area contributed by atoms with Crippen molar-refractivity contribution in [2.45, 2.75) is 19.3 Å². The van der Waals surface area contributed by atoms with E-state index in [0.29, 0.717) is 0 Å². The Balaban J connectivity index is 1.04. The predicted octanol–water partition coefficient (Wildman–Crippen LogP) is 12.9. The smallest absolute Gasteiger partial charge is 0.160 e. The summed E-state index contributed by atoms with van der Waals surface area (Å²) in [6.45, 7) is 4.73. The zero-order valence-electron chi connectivity index (χ0n) is 28.8. The molecule has 3 heterocycles. The van der Waals surface area contributed by atoms with Gasteiger partial charge in [-0.2, -0.15) is 0 Å². The average Bonchev–Trinajstić information content (AvgIpc) is 3.70. The van der Waals surface area contributed by atoms with Gasteiger partial charge >= 0.3 is 0 Å². The van der Waals surface area contributed by atoms with Gasteiger partial charge in [0.1, 0.15) is 0 Å². The summed E-state index contributed by atoms with van der Waals surface area (Å²) in [5.74, 6) is 0.719.